The second kappa shape index (κ2) is 15.4. The highest BCUT2D eigenvalue weighted by atomic mass is 19.3. The first-order valence-electron chi connectivity index (χ1n) is 16.6. The lowest BCUT2D eigenvalue weighted by molar-refractivity contribution is -0.215. The summed E-state index contributed by atoms with van der Waals surface area (Å²) in [6.07, 6.45) is 4.51. The van der Waals surface area contributed by atoms with Gasteiger partial charge in [0.1, 0.15) is 40.4 Å². The topological polar surface area (TPSA) is 27.7 Å². The molecule has 2 aliphatic rings. The Morgan fingerprint density at radius 2 is 1.36 bits per heavy atom. The molecule has 47 heavy (non-hydrogen) atoms. The van der Waals surface area contributed by atoms with Crippen molar-refractivity contribution in [2.75, 3.05) is 13.2 Å². The number of benzene rings is 3. The first-order valence-corrected chi connectivity index (χ1v) is 16.6. The number of hydrogen-bond acceptors (Lipinski definition) is 3. The molecule has 5 rings (SSSR count). The van der Waals surface area contributed by atoms with Crippen molar-refractivity contribution in [3.63, 3.8) is 0 Å². The summed E-state index contributed by atoms with van der Waals surface area (Å²) in [5.41, 5.74) is -2.30. The van der Waals surface area contributed by atoms with Crippen LogP contribution < -0.4 is 4.74 Å². The van der Waals surface area contributed by atoms with E-state index in [1.54, 1.807) is 6.92 Å². The van der Waals surface area contributed by atoms with E-state index in [-0.39, 0.29) is 34.6 Å². The predicted molar refractivity (Wildman–Crippen MR) is 164 cm³/mol. The zero-order valence-corrected chi connectivity index (χ0v) is 26.7. The molecule has 1 aliphatic heterocycles. The molecule has 1 aliphatic carbocycles. The number of unbranched alkanes of at least 4 members (excludes halogenated alkanes) is 2. The van der Waals surface area contributed by atoms with Crippen LogP contribution in [0.5, 0.6) is 5.75 Å². The van der Waals surface area contributed by atoms with Crippen LogP contribution in [0.25, 0.3) is 11.1 Å². The Morgan fingerprint density at radius 1 is 0.723 bits per heavy atom. The van der Waals surface area contributed by atoms with Gasteiger partial charge in [0.15, 0.2) is 6.29 Å². The highest BCUT2D eigenvalue weighted by molar-refractivity contribution is 5.65. The highest BCUT2D eigenvalue weighted by Gasteiger charge is 2.42. The molecule has 0 atom stereocenters. The van der Waals surface area contributed by atoms with Gasteiger partial charge in [-0.25, -0.2) is 22.0 Å². The lowest BCUT2D eigenvalue weighted by Gasteiger charge is -2.38. The van der Waals surface area contributed by atoms with Gasteiger partial charge in [0.25, 0.3) is 0 Å². The molecule has 0 bridgehead atoms. The summed E-state index contributed by atoms with van der Waals surface area (Å²) in [7, 11) is 0. The van der Waals surface area contributed by atoms with Crippen LogP contribution in [0.2, 0.25) is 0 Å². The Kier molecular flexibility index (Phi) is 11.5. The van der Waals surface area contributed by atoms with Crippen molar-refractivity contribution in [1.29, 1.82) is 0 Å². The van der Waals surface area contributed by atoms with E-state index >= 15 is 17.6 Å². The van der Waals surface area contributed by atoms with Crippen molar-refractivity contribution in [1.82, 2.24) is 0 Å². The second-order valence-electron chi connectivity index (χ2n) is 12.8. The minimum atomic E-state index is -4.53. The number of halogens is 7. The van der Waals surface area contributed by atoms with E-state index in [1.165, 1.54) is 38.5 Å². The van der Waals surface area contributed by atoms with Crippen molar-refractivity contribution in [3.8, 4) is 16.9 Å². The van der Waals surface area contributed by atoms with Crippen LogP contribution in [-0.4, -0.2) is 13.2 Å². The number of hydrogen-bond donors (Lipinski definition) is 0. The first-order chi connectivity index (χ1) is 22.5. The van der Waals surface area contributed by atoms with Gasteiger partial charge < -0.3 is 14.2 Å². The molecule has 3 aromatic rings. The molecule has 3 nitrogen and oxygen atoms in total. The third kappa shape index (κ3) is 8.31. The molecule has 0 unspecified atom stereocenters. The van der Waals surface area contributed by atoms with E-state index in [0.29, 0.717) is 31.6 Å². The molecule has 0 radical (unpaired) electrons. The third-order valence-corrected chi connectivity index (χ3v) is 9.46. The summed E-state index contributed by atoms with van der Waals surface area (Å²) >= 11 is 0. The Hall–Kier alpha value is -3.11. The molecule has 3 aromatic carbocycles. The molecule has 1 saturated carbocycles. The van der Waals surface area contributed by atoms with Crippen LogP contribution >= 0.6 is 0 Å². The van der Waals surface area contributed by atoms with Gasteiger partial charge in [0.2, 0.25) is 0 Å². The number of ether oxygens (including phenoxy) is 3. The third-order valence-electron chi connectivity index (χ3n) is 9.46. The normalized spacial score (nSPS) is 22.0. The maximum Gasteiger partial charge on any atom is 0.432 e. The Morgan fingerprint density at radius 3 is 1.94 bits per heavy atom. The molecule has 0 aromatic heterocycles. The van der Waals surface area contributed by atoms with Crippen LogP contribution in [-0.2, 0) is 22.0 Å². The maximum absolute atomic E-state index is 15.1. The summed E-state index contributed by atoms with van der Waals surface area (Å²) in [6.45, 7) is 4.63. The van der Waals surface area contributed by atoms with Gasteiger partial charge in [-0.3, -0.25) is 0 Å². The van der Waals surface area contributed by atoms with E-state index in [0.717, 1.165) is 55.2 Å². The van der Waals surface area contributed by atoms with Crippen LogP contribution in [0.3, 0.4) is 0 Å². The summed E-state index contributed by atoms with van der Waals surface area (Å²) < 4.78 is 120. The quantitative estimate of drug-likeness (QED) is 0.142. The Balaban J connectivity index is 1.21. The second-order valence-corrected chi connectivity index (χ2v) is 12.8. The van der Waals surface area contributed by atoms with Crippen LogP contribution in [0.15, 0.2) is 42.5 Å². The van der Waals surface area contributed by atoms with Crippen LogP contribution in [0.1, 0.15) is 94.6 Å². The molecule has 0 N–H and O–H groups in total. The average Bonchev–Trinajstić information content (AvgIpc) is 3.02. The first kappa shape index (κ1) is 35.2. The molecule has 256 valence electrons. The van der Waals surface area contributed by atoms with Crippen molar-refractivity contribution in [2.24, 2.45) is 17.8 Å². The lowest BCUT2D eigenvalue weighted by atomic mass is 9.74. The van der Waals surface area contributed by atoms with E-state index in [1.807, 2.05) is 0 Å². The fourth-order valence-corrected chi connectivity index (χ4v) is 6.86. The van der Waals surface area contributed by atoms with Crippen LogP contribution in [0, 0.1) is 46.8 Å². The van der Waals surface area contributed by atoms with Gasteiger partial charge in [-0.1, -0.05) is 58.8 Å². The zero-order chi connectivity index (χ0) is 33.7. The highest BCUT2D eigenvalue weighted by Crippen LogP contribution is 2.41. The van der Waals surface area contributed by atoms with Gasteiger partial charge in [0.05, 0.1) is 13.2 Å². The summed E-state index contributed by atoms with van der Waals surface area (Å²) in [5, 5.41) is 0. The lowest BCUT2D eigenvalue weighted by Crippen LogP contribution is -2.34. The smallest absolute Gasteiger partial charge is 0.429 e. The van der Waals surface area contributed by atoms with E-state index < -0.39 is 52.8 Å². The number of rotatable bonds is 12. The fourth-order valence-electron chi connectivity index (χ4n) is 6.86. The van der Waals surface area contributed by atoms with Gasteiger partial charge >= 0.3 is 6.11 Å². The van der Waals surface area contributed by atoms with E-state index in [4.69, 9.17) is 9.47 Å². The average molecular weight is 667 g/mol. The van der Waals surface area contributed by atoms with Crippen molar-refractivity contribution >= 4 is 0 Å². The molecular formula is C37H41F7O3. The van der Waals surface area contributed by atoms with Crippen molar-refractivity contribution in [2.45, 2.75) is 90.5 Å². The summed E-state index contributed by atoms with van der Waals surface area (Å²) in [5.74, 6) is -5.41. The fraction of sp³-hybridized carbons (Fsp3) is 0.514. The minimum absolute atomic E-state index is 0.0857. The van der Waals surface area contributed by atoms with E-state index in [2.05, 4.69) is 11.7 Å². The molecule has 2 fully saturated rings. The Labute approximate surface area is 271 Å². The largest absolute Gasteiger partial charge is 0.432 e. The standard InChI is InChI=1S/C37H41F7O3/c1-3-5-6-8-22-9-11-23(12-10-22)26-20-45-36(46-21-26)25-17-33(41)35(34(42)18-25)37(43,44)47-27-13-14-28(32(40)19-27)24-15-30(38)29(7-4-2)31(39)16-24/h13-19,22-23,26,36H,3-12,20-21H2,1-2H3. The summed E-state index contributed by atoms with van der Waals surface area (Å²) in [6, 6.07) is 5.82. The van der Waals surface area contributed by atoms with Gasteiger partial charge in [-0.2, -0.15) is 8.78 Å². The number of alkyl halides is 2. The van der Waals surface area contributed by atoms with Crippen molar-refractivity contribution < 1.29 is 44.9 Å². The van der Waals surface area contributed by atoms with Crippen LogP contribution in [0.4, 0.5) is 30.7 Å². The van der Waals surface area contributed by atoms with Gasteiger partial charge in [-0.05, 0) is 73.1 Å². The minimum Gasteiger partial charge on any atom is -0.429 e. The monoisotopic (exact) mass is 666 g/mol. The molecule has 1 heterocycles. The predicted octanol–water partition coefficient (Wildman–Crippen LogP) is 11.2. The Bertz CT molecular complexity index is 1470. The van der Waals surface area contributed by atoms with Gasteiger partial charge in [-0.15, -0.1) is 0 Å². The maximum atomic E-state index is 15.1. The molecular weight excluding hydrogens is 625 g/mol. The molecule has 0 spiro atoms. The molecule has 10 heteroatoms. The van der Waals surface area contributed by atoms with E-state index in [9.17, 15) is 13.2 Å². The van der Waals surface area contributed by atoms with Gasteiger partial charge in [0, 0.05) is 28.7 Å². The van der Waals surface area contributed by atoms with Crippen molar-refractivity contribution in [3.05, 3.63) is 88.2 Å². The molecule has 0 amide bonds. The SMILES string of the molecule is CCCCCC1CCC(C2COC(c3cc(F)c(C(F)(F)Oc4ccc(-c5cc(F)c(CCC)c(F)c5)c(F)c4)c(F)c3)OC2)CC1. The summed E-state index contributed by atoms with van der Waals surface area (Å²) in [4.78, 5) is 0. The zero-order valence-electron chi connectivity index (χ0n) is 26.7. The molecule has 1 saturated heterocycles.